The molecule has 0 saturated carbocycles. The molecule has 0 fully saturated rings. The molecule has 1 heterocycles. The zero-order valence-corrected chi connectivity index (χ0v) is 17.3. The Morgan fingerprint density at radius 2 is 1.50 bits per heavy atom. The summed E-state index contributed by atoms with van der Waals surface area (Å²) in [5.41, 5.74) is 11.6. The lowest BCUT2D eigenvalue weighted by molar-refractivity contribution is 0.374. The predicted molar refractivity (Wildman–Crippen MR) is 108 cm³/mol. The van der Waals surface area contributed by atoms with Crippen LogP contribution in [0.1, 0.15) is 82.2 Å². The summed E-state index contributed by atoms with van der Waals surface area (Å²) in [5.74, 6) is 1.05. The second-order valence-corrected chi connectivity index (χ2v) is 8.15. The van der Waals surface area contributed by atoms with Gasteiger partial charge in [0.05, 0.1) is 0 Å². The number of rotatable bonds is 2. The van der Waals surface area contributed by atoms with Gasteiger partial charge in [0, 0.05) is 18.8 Å². The van der Waals surface area contributed by atoms with Gasteiger partial charge < -0.3 is 4.90 Å². The smallest absolute Gasteiger partial charge is 0.0444 e. The quantitative estimate of drug-likeness (QED) is 0.596. The van der Waals surface area contributed by atoms with Crippen molar-refractivity contribution in [3.8, 4) is 0 Å². The Labute approximate surface area is 149 Å². The highest BCUT2D eigenvalue weighted by Crippen LogP contribution is 2.42. The van der Waals surface area contributed by atoms with E-state index in [0.717, 1.165) is 0 Å². The summed E-state index contributed by atoms with van der Waals surface area (Å²) in [6, 6.07) is 2.83. The lowest BCUT2D eigenvalue weighted by Gasteiger charge is -2.34. The number of aryl methyl sites for hydroxylation is 1. The van der Waals surface area contributed by atoms with Gasteiger partial charge in [0.1, 0.15) is 0 Å². The molecule has 0 radical (unpaired) electrons. The van der Waals surface area contributed by atoms with Crippen LogP contribution < -0.4 is 0 Å². The van der Waals surface area contributed by atoms with E-state index in [-0.39, 0.29) is 0 Å². The maximum absolute atomic E-state index is 2.49. The Hall–Kier alpha value is -1.50. The van der Waals surface area contributed by atoms with Gasteiger partial charge in [-0.3, -0.25) is 0 Å². The maximum Gasteiger partial charge on any atom is 0.0444 e. The van der Waals surface area contributed by atoms with Crippen molar-refractivity contribution in [3.63, 3.8) is 0 Å². The molecule has 0 amide bonds. The third-order valence-electron chi connectivity index (χ3n) is 5.89. The van der Waals surface area contributed by atoms with E-state index in [2.05, 4.69) is 86.4 Å². The van der Waals surface area contributed by atoms with Crippen molar-refractivity contribution in [3.05, 3.63) is 45.7 Å². The van der Waals surface area contributed by atoms with Gasteiger partial charge in [0.2, 0.25) is 0 Å². The first-order valence-electron chi connectivity index (χ1n) is 9.34. The molecule has 1 aromatic rings. The Kier molecular flexibility index (Phi) is 5.32. The number of nitrogens with zero attached hydrogens (tertiary/aromatic N) is 1. The Balaban J connectivity index is 3.02. The first-order chi connectivity index (χ1) is 11.1. The first kappa shape index (κ1) is 18.8. The second-order valence-electron chi connectivity index (χ2n) is 8.15. The number of allylic oxidation sites excluding steroid dienone is 3. The molecule has 1 aliphatic heterocycles. The van der Waals surface area contributed by atoms with E-state index in [4.69, 9.17) is 0 Å². The van der Waals surface area contributed by atoms with E-state index >= 15 is 0 Å². The minimum absolute atomic E-state index is 0.409. The van der Waals surface area contributed by atoms with Crippen LogP contribution in [0.5, 0.6) is 0 Å². The van der Waals surface area contributed by atoms with Crippen molar-refractivity contribution in [1.82, 2.24) is 4.90 Å². The molecule has 0 aromatic heterocycles. The van der Waals surface area contributed by atoms with Crippen LogP contribution in [0.15, 0.2) is 17.8 Å². The molecule has 0 spiro atoms. The average Bonchev–Trinajstić information content (AvgIpc) is 2.51. The Morgan fingerprint density at radius 3 is 2.00 bits per heavy atom. The monoisotopic (exact) mass is 325 g/mol. The lowest BCUT2D eigenvalue weighted by Crippen LogP contribution is -2.28. The van der Waals surface area contributed by atoms with Crippen LogP contribution in [0, 0.1) is 19.8 Å². The fraction of sp³-hybridized carbons (Fsp3) is 0.565. The fourth-order valence-electron chi connectivity index (χ4n) is 3.86. The van der Waals surface area contributed by atoms with Crippen molar-refractivity contribution >= 4 is 11.1 Å². The number of likely N-dealkylation sites (N-methyl/N-ethyl adjacent to an activating group) is 1. The molecule has 0 aliphatic carbocycles. The number of benzene rings is 1. The van der Waals surface area contributed by atoms with E-state index in [1.54, 1.807) is 0 Å². The Morgan fingerprint density at radius 1 is 0.917 bits per heavy atom. The van der Waals surface area contributed by atoms with Gasteiger partial charge in [-0.1, -0.05) is 39.8 Å². The van der Waals surface area contributed by atoms with Gasteiger partial charge in [-0.2, -0.15) is 0 Å². The minimum atomic E-state index is 0.409. The lowest BCUT2D eigenvalue weighted by atomic mass is 9.77. The van der Waals surface area contributed by atoms with Gasteiger partial charge >= 0.3 is 0 Å². The van der Waals surface area contributed by atoms with Crippen molar-refractivity contribution < 1.29 is 0 Å². The molecule has 132 valence electrons. The van der Waals surface area contributed by atoms with E-state index < -0.39 is 0 Å². The second kappa shape index (κ2) is 6.78. The van der Waals surface area contributed by atoms with Crippen molar-refractivity contribution in [2.45, 2.75) is 74.3 Å². The van der Waals surface area contributed by atoms with Gasteiger partial charge in [-0.15, -0.1) is 0 Å². The molecule has 1 heteroatoms. The summed E-state index contributed by atoms with van der Waals surface area (Å²) in [6.45, 7) is 20.7. The highest BCUT2D eigenvalue weighted by Gasteiger charge is 2.26. The molecular weight excluding hydrogens is 290 g/mol. The van der Waals surface area contributed by atoms with Gasteiger partial charge in [-0.25, -0.2) is 0 Å². The molecular formula is C23H35N. The number of hydrogen-bond donors (Lipinski definition) is 0. The normalized spacial score (nSPS) is 23.9. The molecule has 0 saturated heterocycles. The number of fused-ring (bicyclic) bond motifs is 1. The molecule has 1 atom stereocenters. The predicted octanol–water partition coefficient (Wildman–Crippen LogP) is 6.55. The molecule has 1 aromatic carbocycles. The molecule has 0 bridgehead atoms. The zero-order chi connectivity index (χ0) is 18.3. The van der Waals surface area contributed by atoms with E-state index in [1.165, 1.54) is 44.7 Å². The van der Waals surface area contributed by atoms with Crippen LogP contribution in [-0.2, 0) is 0 Å². The standard InChI is InChI=1S/C23H35N/c1-13(2)20-11-15(5)17(7)22-18(8)19(9)24(10)16(6)12-21(14(3)4)23(20)22/h11-14,16H,1-10H3/b19-18-,21-12-/t16-/m1/s1. The van der Waals surface area contributed by atoms with Gasteiger partial charge in [-0.05, 0) is 85.4 Å². The topological polar surface area (TPSA) is 3.24 Å². The summed E-state index contributed by atoms with van der Waals surface area (Å²) < 4.78 is 0. The average molecular weight is 326 g/mol. The highest BCUT2D eigenvalue weighted by atomic mass is 15.1. The third kappa shape index (κ3) is 3.06. The van der Waals surface area contributed by atoms with E-state index in [0.29, 0.717) is 17.9 Å². The molecule has 2 rings (SSSR count). The fourth-order valence-corrected chi connectivity index (χ4v) is 3.86. The summed E-state index contributed by atoms with van der Waals surface area (Å²) in [6.07, 6.45) is 2.49. The summed E-state index contributed by atoms with van der Waals surface area (Å²) in [7, 11) is 2.22. The maximum atomic E-state index is 2.49. The van der Waals surface area contributed by atoms with Gasteiger partial charge in [0.25, 0.3) is 0 Å². The molecule has 0 N–H and O–H groups in total. The summed E-state index contributed by atoms with van der Waals surface area (Å²) >= 11 is 0. The summed E-state index contributed by atoms with van der Waals surface area (Å²) in [5, 5.41) is 0. The van der Waals surface area contributed by atoms with Crippen LogP contribution >= 0.6 is 0 Å². The first-order valence-corrected chi connectivity index (χ1v) is 9.34. The molecule has 0 unspecified atom stereocenters. The Bertz CT molecular complexity index is 701. The minimum Gasteiger partial charge on any atom is -0.372 e. The van der Waals surface area contributed by atoms with Crippen LogP contribution in [-0.4, -0.2) is 18.0 Å². The van der Waals surface area contributed by atoms with Crippen molar-refractivity contribution in [1.29, 1.82) is 0 Å². The van der Waals surface area contributed by atoms with Crippen molar-refractivity contribution in [2.75, 3.05) is 7.05 Å². The molecule has 24 heavy (non-hydrogen) atoms. The third-order valence-corrected chi connectivity index (χ3v) is 5.89. The molecule has 1 nitrogen and oxygen atoms in total. The van der Waals surface area contributed by atoms with Crippen LogP contribution in [0.2, 0.25) is 0 Å². The van der Waals surface area contributed by atoms with E-state index in [1.807, 2.05) is 0 Å². The number of hydrogen-bond acceptors (Lipinski definition) is 1. The van der Waals surface area contributed by atoms with Crippen LogP contribution in [0.4, 0.5) is 0 Å². The SMILES string of the molecule is C/C1=C(\C)N(C)[C@H](C)/C=C(/C(C)C)c2c(C(C)C)cc(C)c(C)c21. The zero-order valence-electron chi connectivity index (χ0n) is 17.3. The summed E-state index contributed by atoms with van der Waals surface area (Å²) in [4.78, 5) is 2.41. The van der Waals surface area contributed by atoms with E-state index in [9.17, 15) is 0 Å². The largest absolute Gasteiger partial charge is 0.372 e. The van der Waals surface area contributed by atoms with Crippen LogP contribution in [0.25, 0.3) is 11.1 Å². The van der Waals surface area contributed by atoms with Crippen molar-refractivity contribution in [2.24, 2.45) is 5.92 Å². The van der Waals surface area contributed by atoms with Gasteiger partial charge in [0.15, 0.2) is 0 Å². The highest BCUT2D eigenvalue weighted by molar-refractivity contribution is 5.85. The molecule has 1 aliphatic rings. The van der Waals surface area contributed by atoms with Crippen LogP contribution in [0.3, 0.4) is 0 Å².